The zero-order valence-electron chi connectivity index (χ0n) is 19.9. The number of aliphatic carboxylic acids is 1. The summed E-state index contributed by atoms with van der Waals surface area (Å²) < 4.78 is 17.0. The third kappa shape index (κ3) is 4.73. The van der Waals surface area contributed by atoms with Gasteiger partial charge in [0, 0.05) is 5.56 Å². The number of rotatable bonds is 8. The summed E-state index contributed by atoms with van der Waals surface area (Å²) in [5.74, 6) is 0.760. The lowest BCUT2D eigenvalue weighted by atomic mass is 9.90. The van der Waals surface area contributed by atoms with Crippen molar-refractivity contribution in [1.82, 2.24) is 4.90 Å². The minimum atomic E-state index is -0.716. The maximum atomic E-state index is 11.5. The number of hydrogen-bond acceptors (Lipinski definition) is 5. The van der Waals surface area contributed by atoms with Gasteiger partial charge >= 0.3 is 5.97 Å². The molecule has 1 fully saturated rings. The zero-order chi connectivity index (χ0) is 24.1. The summed E-state index contributed by atoms with van der Waals surface area (Å²) in [6, 6.07) is 22.6. The summed E-state index contributed by atoms with van der Waals surface area (Å²) in [5, 5.41) is 9.48. The van der Waals surface area contributed by atoms with E-state index < -0.39 is 5.97 Å². The van der Waals surface area contributed by atoms with Crippen LogP contribution in [-0.2, 0) is 4.79 Å². The van der Waals surface area contributed by atoms with Crippen molar-refractivity contribution in [2.75, 3.05) is 34.4 Å². The molecule has 0 spiro atoms. The Labute approximate surface area is 200 Å². The van der Waals surface area contributed by atoms with Gasteiger partial charge in [-0.1, -0.05) is 54.6 Å². The van der Waals surface area contributed by atoms with Crippen molar-refractivity contribution in [3.63, 3.8) is 0 Å². The summed E-state index contributed by atoms with van der Waals surface area (Å²) >= 11 is 0. The molecule has 34 heavy (non-hydrogen) atoms. The molecule has 178 valence electrons. The van der Waals surface area contributed by atoms with Gasteiger partial charge in [-0.3, -0.25) is 9.69 Å². The summed E-state index contributed by atoms with van der Waals surface area (Å²) in [6.45, 7) is 1.36. The average molecular weight is 462 g/mol. The highest BCUT2D eigenvalue weighted by atomic mass is 16.5. The highest BCUT2D eigenvalue weighted by Gasteiger charge is 2.33. The predicted octanol–water partition coefficient (Wildman–Crippen LogP) is 5.27. The SMILES string of the molecule is COc1ccc(C(c2ccc(-c3ccccc3)cc2)N2CCC(C(=O)O)CC2)c(OC)c1OC. The van der Waals surface area contributed by atoms with Crippen LogP contribution in [0.3, 0.4) is 0 Å². The molecule has 1 saturated heterocycles. The van der Waals surface area contributed by atoms with Gasteiger partial charge in [-0.25, -0.2) is 0 Å². The molecule has 4 rings (SSSR count). The molecular formula is C28H31NO5. The summed E-state index contributed by atoms with van der Waals surface area (Å²) in [7, 11) is 4.84. The van der Waals surface area contributed by atoms with Gasteiger partial charge in [0.25, 0.3) is 0 Å². The third-order valence-corrected chi connectivity index (χ3v) is 6.61. The number of carboxylic acid groups (broad SMARTS) is 1. The van der Waals surface area contributed by atoms with E-state index in [1.54, 1.807) is 21.3 Å². The van der Waals surface area contributed by atoms with E-state index >= 15 is 0 Å². The second-order valence-corrected chi connectivity index (χ2v) is 8.46. The summed E-state index contributed by atoms with van der Waals surface area (Å²) in [5.41, 5.74) is 4.38. The fraction of sp³-hybridized carbons (Fsp3) is 0.321. The highest BCUT2D eigenvalue weighted by Crippen LogP contribution is 2.46. The van der Waals surface area contributed by atoms with Crippen molar-refractivity contribution in [3.8, 4) is 28.4 Å². The number of ether oxygens (including phenoxy) is 3. The second-order valence-electron chi connectivity index (χ2n) is 8.46. The topological polar surface area (TPSA) is 68.2 Å². The second kappa shape index (κ2) is 10.6. The number of hydrogen-bond donors (Lipinski definition) is 1. The smallest absolute Gasteiger partial charge is 0.306 e. The number of likely N-dealkylation sites (tertiary alicyclic amines) is 1. The lowest BCUT2D eigenvalue weighted by molar-refractivity contribution is -0.143. The van der Waals surface area contributed by atoms with Gasteiger partial charge < -0.3 is 19.3 Å². The van der Waals surface area contributed by atoms with Gasteiger partial charge in [0.15, 0.2) is 11.5 Å². The van der Waals surface area contributed by atoms with Crippen LogP contribution in [0.2, 0.25) is 0 Å². The van der Waals surface area contributed by atoms with Crippen molar-refractivity contribution >= 4 is 5.97 Å². The summed E-state index contributed by atoms with van der Waals surface area (Å²) in [6.07, 6.45) is 1.23. The Morgan fingerprint density at radius 2 is 1.44 bits per heavy atom. The quantitative estimate of drug-likeness (QED) is 0.493. The van der Waals surface area contributed by atoms with E-state index in [9.17, 15) is 9.90 Å². The Morgan fingerprint density at radius 3 is 2.00 bits per heavy atom. The van der Waals surface area contributed by atoms with Crippen molar-refractivity contribution in [3.05, 3.63) is 77.9 Å². The Kier molecular flexibility index (Phi) is 7.38. The minimum absolute atomic E-state index is 0.116. The van der Waals surface area contributed by atoms with Gasteiger partial charge in [0.05, 0.1) is 33.3 Å². The van der Waals surface area contributed by atoms with Crippen molar-refractivity contribution in [1.29, 1.82) is 0 Å². The lowest BCUT2D eigenvalue weighted by Crippen LogP contribution is -2.39. The first-order valence-corrected chi connectivity index (χ1v) is 11.5. The van der Waals surface area contributed by atoms with E-state index in [-0.39, 0.29) is 12.0 Å². The van der Waals surface area contributed by atoms with Crippen LogP contribution in [-0.4, -0.2) is 50.4 Å². The third-order valence-electron chi connectivity index (χ3n) is 6.61. The van der Waals surface area contributed by atoms with E-state index in [0.717, 1.165) is 22.3 Å². The molecule has 1 aliphatic rings. The highest BCUT2D eigenvalue weighted by molar-refractivity contribution is 5.70. The molecule has 0 bridgehead atoms. The van der Waals surface area contributed by atoms with Crippen LogP contribution in [0.4, 0.5) is 0 Å². The maximum absolute atomic E-state index is 11.5. The van der Waals surface area contributed by atoms with Crippen LogP contribution in [0.25, 0.3) is 11.1 Å². The van der Waals surface area contributed by atoms with E-state index in [1.807, 2.05) is 30.3 Å². The molecule has 0 aliphatic carbocycles. The number of carboxylic acids is 1. The van der Waals surface area contributed by atoms with Gasteiger partial charge in [-0.05, 0) is 54.8 Å². The average Bonchev–Trinajstić information content (AvgIpc) is 2.89. The summed E-state index contributed by atoms with van der Waals surface area (Å²) in [4.78, 5) is 13.9. The zero-order valence-corrected chi connectivity index (χ0v) is 19.9. The van der Waals surface area contributed by atoms with Crippen LogP contribution in [0.15, 0.2) is 66.7 Å². The van der Waals surface area contributed by atoms with Crippen LogP contribution < -0.4 is 14.2 Å². The van der Waals surface area contributed by atoms with Crippen LogP contribution in [0.1, 0.15) is 30.0 Å². The first kappa shape index (κ1) is 23.6. The number of carbonyl (C=O) groups is 1. The molecule has 6 nitrogen and oxygen atoms in total. The van der Waals surface area contributed by atoms with Gasteiger partial charge in [-0.2, -0.15) is 0 Å². The van der Waals surface area contributed by atoms with E-state index in [1.165, 1.54) is 0 Å². The Morgan fingerprint density at radius 1 is 0.824 bits per heavy atom. The Hall–Kier alpha value is -3.51. The van der Waals surface area contributed by atoms with Gasteiger partial charge in [-0.15, -0.1) is 0 Å². The first-order valence-electron chi connectivity index (χ1n) is 11.5. The van der Waals surface area contributed by atoms with Crippen LogP contribution in [0, 0.1) is 5.92 Å². The molecule has 0 radical (unpaired) electrons. The van der Waals surface area contributed by atoms with Crippen LogP contribution in [0.5, 0.6) is 17.2 Å². The minimum Gasteiger partial charge on any atom is -0.493 e. The van der Waals surface area contributed by atoms with E-state index in [4.69, 9.17) is 14.2 Å². The number of nitrogens with zero attached hydrogens (tertiary/aromatic N) is 1. The Bertz CT molecular complexity index is 1110. The molecule has 1 atom stereocenters. The molecule has 0 aromatic heterocycles. The predicted molar refractivity (Wildman–Crippen MR) is 132 cm³/mol. The first-order chi connectivity index (χ1) is 16.6. The molecule has 0 saturated carbocycles. The molecular weight excluding hydrogens is 430 g/mol. The van der Waals surface area contributed by atoms with Crippen LogP contribution >= 0.6 is 0 Å². The Balaban J connectivity index is 1.76. The maximum Gasteiger partial charge on any atom is 0.306 e. The van der Waals surface area contributed by atoms with Crippen molar-refractivity contribution in [2.24, 2.45) is 5.92 Å². The molecule has 1 aliphatic heterocycles. The molecule has 0 amide bonds. The van der Waals surface area contributed by atoms with Crippen molar-refractivity contribution in [2.45, 2.75) is 18.9 Å². The standard InChI is InChI=1S/C28H31NO5/c1-32-24-14-13-23(26(33-2)27(24)34-3)25(29-17-15-22(16-18-29)28(30)31)21-11-9-20(10-12-21)19-7-5-4-6-8-19/h4-14,22,25H,15-18H2,1-3H3,(H,30,31). The molecule has 1 unspecified atom stereocenters. The molecule has 3 aromatic rings. The van der Waals surface area contributed by atoms with E-state index in [0.29, 0.717) is 43.2 Å². The molecule has 3 aromatic carbocycles. The number of piperidine rings is 1. The lowest BCUT2D eigenvalue weighted by Gasteiger charge is -2.38. The van der Waals surface area contributed by atoms with Gasteiger partial charge in [0.2, 0.25) is 5.75 Å². The molecule has 1 heterocycles. The fourth-order valence-corrected chi connectivity index (χ4v) is 4.82. The monoisotopic (exact) mass is 461 g/mol. The fourth-order valence-electron chi connectivity index (χ4n) is 4.82. The number of methoxy groups -OCH3 is 3. The van der Waals surface area contributed by atoms with Crippen molar-refractivity contribution < 1.29 is 24.1 Å². The van der Waals surface area contributed by atoms with E-state index in [2.05, 4.69) is 41.3 Å². The largest absolute Gasteiger partial charge is 0.493 e. The van der Waals surface area contributed by atoms with Gasteiger partial charge in [0.1, 0.15) is 0 Å². The molecule has 1 N–H and O–H groups in total. The number of benzene rings is 3. The molecule has 6 heteroatoms. The normalized spacial score (nSPS) is 15.5.